The fourth-order valence-corrected chi connectivity index (χ4v) is 6.70. The first-order valence-corrected chi connectivity index (χ1v) is 18.7. The zero-order chi connectivity index (χ0) is 36.6. The van der Waals surface area contributed by atoms with Crippen molar-refractivity contribution < 1.29 is 0 Å². The zero-order valence-corrected chi connectivity index (χ0v) is 33.1. The van der Waals surface area contributed by atoms with E-state index in [2.05, 4.69) is 165 Å². The van der Waals surface area contributed by atoms with E-state index in [1.165, 1.54) is 76.4 Å². The first-order valence-electron chi connectivity index (χ1n) is 18.1. The molecule has 0 bridgehead atoms. The Hall–Kier alpha value is -4.45. The minimum absolute atomic E-state index is 1.05. The van der Waals surface area contributed by atoms with Crippen molar-refractivity contribution in [1.82, 2.24) is 4.57 Å². The van der Waals surface area contributed by atoms with Gasteiger partial charge in [-0.2, -0.15) is 0 Å². The van der Waals surface area contributed by atoms with E-state index >= 15 is 0 Å². The summed E-state index contributed by atoms with van der Waals surface area (Å²) >= 11 is 0. The molecular weight excluding hydrogens is 622 g/mol. The van der Waals surface area contributed by atoms with Gasteiger partial charge in [-0.1, -0.05) is 136 Å². The molecule has 5 aromatic rings. The summed E-state index contributed by atoms with van der Waals surface area (Å²) in [6.07, 6.45) is 22.5. The monoisotopic (exact) mass is 679 g/mol. The second-order valence-electron chi connectivity index (χ2n) is 12.5. The molecular formula is C48H58NP. The van der Waals surface area contributed by atoms with Gasteiger partial charge in [0.05, 0.1) is 5.52 Å². The topological polar surface area (TPSA) is 4.93 Å². The van der Waals surface area contributed by atoms with Crippen LogP contribution >= 0.6 is 9.24 Å². The molecule has 0 radical (unpaired) electrons. The van der Waals surface area contributed by atoms with Crippen molar-refractivity contribution in [3.8, 4) is 11.1 Å². The van der Waals surface area contributed by atoms with E-state index in [1.807, 2.05) is 45.9 Å². The summed E-state index contributed by atoms with van der Waals surface area (Å²) in [5.41, 5.74) is 10.6. The fraction of sp³-hybridized carbons (Fsp3) is 0.250. The Bertz CT molecular complexity index is 2140. The highest BCUT2D eigenvalue weighted by atomic mass is 31.0. The number of hydrogen-bond acceptors (Lipinski definition) is 0. The number of aryl methyl sites for hydroxylation is 2. The molecule has 1 atom stereocenters. The van der Waals surface area contributed by atoms with Crippen molar-refractivity contribution >= 4 is 54.6 Å². The Labute approximate surface area is 305 Å². The standard InChI is InChI=1S/C22H21P.C12H13N.C12H18.C2H6/c1-2-15-11-12-16-7-3-5-9-18(16)21(15)22-19-10-6-4-8-17(19)13-14-20(22)23;1-3-7-13-8-6-11-5-4-10(2)9-12(11)13;1-6-8-12(7-2)11(5)9-10(3)4;1-2/h3,5,7-14H,2,4,6,23H2,1H3;3-9H,1-2H3;6-9H,2H2,1,3-5H3;1-2H3/b;7-3-;8-6-,12-11+;. The van der Waals surface area contributed by atoms with Crippen LogP contribution in [0.4, 0.5) is 0 Å². The van der Waals surface area contributed by atoms with Crippen LogP contribution in [0.5, 0.6) is 0 Å². The number of aromatic nitrogens is 1. The Morgan fingerprint density at radius 2 is 1.56 bits per heavy atom. The van der Waals surface area contributed by atoms with Gasteiger partial charge in [-0.05, 0) is 138 Å². The second kappa shape index (κ2) is 20.3. The molecule has 1 nitrogen and oxygen atoms in total. The minimum Gasteiger partial charge on any atom is -0.324 e. The van der Waals surface area contributed by atoms with Crippen molar-refractivity contribution in [3.63, 3.8) is 0 Å². The summed E-state index contributed by atoms with van der Waals surface area (Å²) in [5, 5.41) is 8.07. The molecule has 50 heavy (non-hydrogen) atoms. The molecule has 0 spiro atoms. The predicted molar refractivity (Wildman–Crippen MR) is 232 cm³/mol. The maximum atomic E-state index is 3.77. The Morgan fingerprint density at radius 1 is 0.840 bits per heavy atom. The van der Waals surface area contributed by atoms with Gasteiger partial charge >= 0.3 is 0 Å². The van der Waals surface area contributed by atoms with E-state index in [4.69, 9.17) is 0 Å². The van der Waals surface area contributed by atoms with Gasteiger partial charge in [-0.15, -0.1) is 9.24 Å². The average Bonchev–Trinajstić information content (AvgIpc) is 3.53. The largest absolute Gasteiger partial charge is 0.324 e. The van der Waals surface area contributed by atoms with Crippen molar-refractivity contribution in [3.05, 3.63) is 154 Å². The van der Waals surface area contributed by atoms with Crippen molar-refractivity contribution in [2.24, 2.45) is 0 Å². The van der Waals surface area contributed by atoms with E-state index in [1.54, 1.807) is 0 Å². The first kappa shape index (κ1) is 40.0. The first-order chi connectivity index (χ1) is 24.2. The van der Waals surface area contributed by atoms with Crippen LogP contribution in [0, 0.1) is 6.92 Å². The third-order valence-corrected chi connectivity index (χ3v) is 9.03. The summed E-state index contributed by atoms with van der Waals surface area (Å²) in [6.45, 7) is 22.5. The van der Waals surface area contributed by atoms with E-state index in [9.17, 15) is 0 Å². The van der Waals surface area contributed by atoms with E-state index < -0.39 is 0 Å². The molecule has 260 valence electrons. The lowest BCUT2D eigenvalue weighted by Crippen LogP contribution is -2.32. The third kappa shape index (κ3) is 10.3. The average molecular weight is 680 g/mol. The molecule has 0 saturated carbocycles. The van der Waals surface area contributed by atoms with Crippen LogP contribution in [0.15, 0.2) is 133 Å². The fourth-order valence-electron chi connectivity index (χ4n) is 6.31. The van der Waals surface area contributed by atoms with Gasteiger partial charge in [0.25, 0.3) is 0 Å². The molecule has 1 unspecified atom stereocenters. The molecule has 2 heteroatoms. The maximum absolute atomic E-state index is 3.77. The van der Waals surface area contributed by atoms with Gasteiger partial charge in [-0.3, -0.25) is 0 Å². The Kier molecular flexibility index (Phi) is 16.2. The van der Waals surface area contributed by atoms with Crippen molar-refractivity contribution in [2.75, 3.05) is 0 Å². The quantitative estimate of drug-likeness (QED) is 0.124. The van der Waals surface area contributed by atoms with Crippen LogP contribution in [0.25, 0.3) is 51.2 Å². The van der Waals surface area contributed by atoms with Gasteiger partial charge in [-0.25, -0.2) is 0 Å². The van der Waals surface area contributed by atoms with Crippen LogP contribution in [0.3, 0.4) is 0 Å². The highest BCUT2D eigenvalue weighted by Gasteiger charge is 2.14. The van der Waals surface area contributed by atoms with Crippen LogP contribution in [0.1, 0.15) is 79.4 Å². The number of fused-ring (bicyclic) bond motifs is 3. The normalized spacial score (nSPS) is 12.3. The number of nitrogens with zero attached hydrogens (tertiary/aromatic N) is 1. The highest BCUT2D eigenvalue weighted by Crippen LogP contribution is 2.31. The summed E-state index contributed by atoms with van der Waals surface area (Å²) in [4.78, 5) is 0. The third-order valence-electron chi connectivity index (χ3n) is 8.55. The van der Waals surface area contributed by atoms with Gasteiger partial charge in [0.2, 0.25) is 0 Å². The maximum Gasteiger partial charge on any atom is 0.0524 e. The number of allylic oxidation sites excluding steroid dienone is 8. The van der Waals surface area contributed by atoms with E-state index in [0.717, 1.165) is 19.3 Å². The molecule has 0 saturated heterocycles. The summed E-state index contributed by atoms with van der Waals surface area (Å²) in [6, 6.07) is 26.4. The highest BCUT2D eigenvalue weighted by molar-refractivity contribution is 7.28. The van der Waals surface area contributed by atoms with E-state index in [-0.39, 0.29) is 0 Å². The van der Waals surface area contributed by atoms with Crippen molar-refractivity contribution in [2.45, 2.75) is 81.6 Å². The van der Waals surface area contributed by atoms with Crippen LogP contribution < -0.4 is 15.7 Å². The SMILES string of the molecule is C/C=C\n1ccc2ccc(C)cc21.C=CC(/C=C\C)=C(/C)C=C(C)C.CC.CCc1ccc2ccccc2c1-c1c(P)ccc2c1=CCCC=2. The molecule has 1 aliphatic rings. The lowest BCUT2D eigenvalue weighted by atomic mass is 9.89. The number of hydrogen-bond donors (Lipinski definition) is 0. The predicted octanol–water partition coefficient (Wildman–Crippen LogP) is 12.4. The summed E-state index contributed by atoms with van der Waals surface area (Å²) < 4.78 is 2.14. The molecule has 1 aliphatic carbocycles. The number of rotatable bonds is 6. The molecule has 1 aromatic heterocycles. The van der Waals surface area contributed by atoms with Crippen LogP contribution in [0.2, 0.25) is 0 Å². The molecule has 6 rings (SSSR count). The minimum atomic E-state index is 1.05. The van der Waals surface area contributed by atoms with Crippen LogP contribution in [-0.4, -0.2) is 4.57 Å². The molecule has 0 fully saturated rings. The van der Waals surface area contributed by atoms with Crippen LogP contribution in [-0.2, 0) is 6.42 Å². The van der Waals surface area contributed by atoms with Gasteiger partial charge in [0.1, 0.15) is 0 Å². The zero-order valence-electron chi connectivity index (χ0n) is 32.0. The summed E-state index contributed by atoms with van der Waals surface area (Å²) in [5.74, 6) is 0. The van der Waals surface area contributed by atoms with E-state index in [0.29, 0.717) is 0 Å². The summed E-state index contributed by atoms with van der Waals surface area (Å²) in [7, 11) is 2.95. The molecule has 1 heterocycles. The molecule has 0 amide bonds. The second-order valence-corrected chi connectivity index (χ2v) is 13.1. The lowest BCUT2D eigenvalue weighted by Gasteiger charge is -2.17. The molecule has 0 aliphatic heterocycles. The van der Waals surface area contributed by atoms with Gasteiger partial charge in [0.15, 0.2) is 0 Å². The van der Waals surface area contributed by atoms with Gasteiger partial charge < -0.3 is 4.57 Å². The molecule has 4 aromatic carbocycles. The Morgan fingerprint density at radius 3 is 2.24 bits per heavy atom. The number of benzene rings is 4. The lowest BCUT2D eigenvalue weighted by molar-refractivity contribution is 1.12. The Balaban J connectivity index is 0.000000215. The van der Waals surface area contributed by atoms with Gasteiger partial charge in [0, 0.05) is 12.4 Å². The smallest absolute Gasteiger partial charge is 0.0524 e. The van der Waals surface area contributed by atoms with Crippen molar-refractivity contribution in [1.29, 1.82) is 0 Å². The molecule has 0 N–H and O–H groups in total.